The molecule has 0 fully saturated rings. The lowest BCUT2D eigenvalue weighted by Crippen LogP contribution is -1.95. The van der Waals surface area contributed by atoms with Gasteiger partial charge in [-0.2, -0.15) is 0 Å². The number of hydrogen-bond donors (Lipinski definition) is 1. The summed E-state index contributed by atoms with van der Waals surface area (Å²) in [4.78, 5) is 8.45. The molecule has 0 atom stereocenters. The molecule has 0 aliphatic carbocycles. The lowest BCUT2D eigenvalue weighted by molar-refractivity contribution is 0.530. The van der Waals surface area contributed by atoms with Gasteiger partial charge in [-0.05, 0) is 23.6 Å². The van der Waals surface area contributed by atoms with Crippen LogP contribution < -0.4 is 5.73 Å². The molecule has 4 nitrogen and oxygen atoms in total. The standard InChI is InChI=1S/C11H9N3OS2/c12-11-13-8-3-5-16-9(8)10(14-11)17-6-7-2-1-4-15-7/h1-5H,6H2,(H2,12,13,14). The number of furan rings is 1. The van der Waals surface area contributed by atoms with Crippen LogP contribution >= 0.6 is 23.1 Å². The highest BCUT2D eigenvalue weighted by atomic mass is 32.2. The Morgan fingerprint density at radius 2 is 2.29 bits per heavy atom. The fourth-order valence-corrected chi connectivity index (χ4v) is 3.36. The van der Waals surface area contributed by atoms with Gasteiger partial charge in [0.1, 0.15) is 10.8 Å². The number of nitrogens with zero attached hydrogens (tertiary/aromatic N) is 2. The molecule has 86 valence electrons. The van der Waals surface area contributed by atoms with Crippen LogP contribution in [0, 0.1) is 0 Å². The monoisotopic (exact) mass is 263 g/mol. The minimum Gasteiger partial charge on any atom is -0.468 e. The molecule has 0 saturated heterocycles. The predicted octanol–water partition coefficient (Wildman–Crippen LogP) is 3.16. The van der Waals surface area contributed by atoms with Crippen molar-refractivity contribution in [2.24, 2.45) is 0 Å². The summed E-state index contributed by atoms with van der Waals surface area (Å²) < 4.78 is 6.37. The minimum absolute atomic E-state index is 0.317. The number of nitrogens with two attached hydrogens (primary N) is 1. The van der Waals surface area contributed by atoms with Gasteiger partial charge in [0.15, 0.2) is 0 Å². The van der Waals surface area contributed by atoms with Gasteiger partial charge in [0.25, 0.3) is 0 Å². The summed E-state index contributed by atoms with van der Waals surface area (Å²) in [5, 5.41) is 2.91. The second-order valence-electron chi connectivity index (χ2n) is 3.39. The summed E-state index contributed by atoms with van der Waals surface area (Å²) in [5.41, 5.74) is 6.59. The van der Waals surface area contributed by atoms with E-state index >= 15 is 0 Å². The molecule has 3 aromatic rings. The van der Waals surface area contributed by atoms with Crippen LogP contribution in [-0.2, 0) is 5.75 Å². The third-order valence-corrected chi connectivity index (χ3v) is 4.26. The van der Waals surface area contributed by atoms with E-state index in [2.05, 4.69) is 9.97 Å². The zero-order valence-electron chi connectivity index (χ0n) is 8.79. The van der Waals surface area contributed by atoms with Crippen molar-refractivity contribution < 1.29 is 4.42 Å². The quantitative estimate of drug-likeness (QED) is 0.581. The molecule has 3 aromatic heterocycles. The van der Waals surface area contributed by atoms with Crippen LogP contribution in [0.15, 0.2) is 39.3 Å². The van der Waals surface area contributed by atoms with Crippen LogP contribution in [-0.4, -0.2) is 9.97 Å². The minimum atomic E-state index is 0.317. The van der Waals surface area contributed by atoms with Gasteiger partial charge in [-0.25, -0.2) is 9.97 Å². The Hall–Kier alpha value is -1.53. The van der Waals surface area contributed by atoms with Crippen LogP contribution in [0.4, 0.5) is 5.95 Å². The fourth-order valence-electron chi connectivity index (χ4n) is 1.49. The van der Waals surface area contributed by atoms with Crippen LogP contribution in [0.1, 0.15) is 5.76 Å². The van der Waals surface area contributed by atoms with Crippen LogP contribution in [0.5, 0.6) is 0 Å². The van der Waals surface area contributed by atoms with E-state index in [1.165, 1.54) is 0 Å². The summed E-state index contributed by atoms with van der Waals surface area (Å²) in [6, 6.07) is 5.78. The molecular formula is C11H9N3OS2. The third-order valence-electron chi connectivity index (χ3n) is 2.22. The number of aromatic nitrogens is 2. The van der Waals surface area contributed by atoms with E-state index in [9.17, 15) is 0 Å². The third kappa shape index (κ3) is 2.13. The Morgan fingerprint density at radius 3 is 3.12 bits per heavy atom. The van der Waals surface area contributed by atoms with Gasteiger partial charge in [0.2, 0.25) is 5.95 Å². The Morgan fingerprint density at radius 1 is 1.35 bits per heavy atom. The highest BCUT2D eigenvalue weighted by Gasteiger charge is 2.09. The number of thioether (sulfide) groups is 1. The lowest BCUT2D eigenvalue weighted by atomic mass is 10.5. The van der Waals surface area contributed by atoms with E-state index < -0.39 is 0 Å². The molecule has 0 aliphatic heterocycles. The molecule has 3 heterocycles. The number of fused-ring (bicyclic) bond motifs is 1. The SMILES string of the molecule is Nc1nc(SCc2ccco2)c2sccc2n1. The van der Waals surface area contributed by atoms with Crippen LogP contribution in [0.25, 0.3) is 10.2 Å². The Kier molecular flexibility index (Phi) is 2.74. The Labute approximate surface area is 106 Å². The summed E-state index contributed by atoms with van der Waals surface area (Å²) >= 11 is 3.24. The van der Waals surface area contributed by atoms with Crippen molar-refractivity contribution in [3.8, 4) is 0 Å². The highest BCUT2D eigenvalue weighted by Crippen LogP contribution is 2.31. The topological polar surface area (TPSA) is 64.9 Å². The maximum Gasteiger partial charge on any atom is 0.221 e. The molecular weight excluding hydrogens is 254 g/mol. The van der Waals surface area contributed by atoms with Crippen molar-refractivity contribution in [2.75, 3.05) is 5.73 Å². The van der Waals surface area contributed by atoms with Gasteiger partial charge in [-0.1, -0.05) is 11.8 Å². The van der Waals surface area contributed by atoms with Gasteiger partial charge in [-0.3, -0.25) is 0 Å². The Balaban J connectivity index is 1.91. The maximum atomic E-state index is 5.68. The molecule has 2 N–H and O–H groups in total. The molecule has 0 radical (unpaired) electrons. The number of anilines is 1. The summed E-state index contributed by atoms with van der Waals surface area (Å²) in [5.74, 6) is 1.99. The lowest BCUT2D eigenvalue weighted by Gasteiger charge is -2.01. The number of nitrogen functional groups attached to an aromatic ring is 1. The molecule has 0 aromatic carbocycles. The average molecular weight is 263 g/mol. The van der Waals surface area contributed by atoms with Crippen molar-refractivity contribution in [1.82, 2.24) is 9.97 Å². The van der Waals surface area contributed by atoms with E-state index in [0.29, 0.717) is 5.95 Å². The van der Waals surface area contributed by atoms with Gasteiger partial charge >= 0.3 is 0 Å². The van der Waals surface area contributed by atoms with Gasteiger partial charge in [0, 0.05) is 0 Å². The van der Waals surface area contributed by atoms with Gasteiger partial charge in [-0.15, -0.1) is 11.3 Å². The zero-order valence-corrected chi connectivity index (χ0v) is 10.4. The van der Waals surface area contributed by atoms with E-state index in [0.717, 1.165) is 26.8 Å². The van der Waals surface area contributed by atoms with E-state index in [-0.39, 0.29) is 0 Å². The molecule has 17 heavy (non-hydrogen) atoms. The molecule has 0 spiro atoms. The maximum absolute atomic E-state index is 5.68. The van der Waals surface area contributed by atoms with Crippen molar-refractivity contribution in [2.45, 2.75) is 10.8 Å². The smallest absolute Gasteiger partial charge is 0.221 e. The number of hydrogen-bond acceptors (Lipinski definition) is 6. The molecule has 3 rings (SSSR count). The first-order valence-corrected chi connectivity index (χ1v) is 6.85. The molecule has 0 bridgehead atoms. The number of thiophene rings is 1. The highest BCUT2D eigenvalue weighted by molar-refractivity contribution is 7.98. The van der Waals surface area contributed by atoms with Crippen molar-refractivity contribution >= 4 is 39.3 Å². The average Bonchev–Trinajstić information content (AvgIpc) is 2.95. The largest absolute Gasteiger partial charge is 0.468 e. The predicted molar refractivity (Wildman–Crippen MR) is 70.1 cm³/mol. The molecule has 6 heteroatoms. The summed E-state index contributed by atoms with van der Waals surface area (Å²) in [7, 11) is 0. The van der Waals surface area contributed by atoms with Crippen molar-refractivity contribution in [3.05, 3.63) is 35.6 Å². The van der Waals surface area contributed by atoms with Crippen molar-refractivity contribution in [1.29, 1.82) is 0 Å². The first kappa shape index (κ1) is 10.6. The first-order chi connectivity index (χ1) is 8.33. The van der Waals surface area contributed by atoms with E-state index in [1.54, 1.807) is 29.4 Å². The number of rotatable bonds is 3. The van der Waals surface area contributed by atoms with E-state index in [1.807, 2.05) is 23.6 Å². The van der Waals surface area contributed by atoms with Gasteiger partial charge < -0.3 is 10.2 Å². The molecule has 0 saturated carbocycles. The summed E-state index contributed by atoms with van der Waals surface area (Å²) in [6.07, 6.45) is 1.67. The van der Waals surface area contributed by atoms with Crippen molar-refractivity contribution in [3.63, 3.8) is 0 Å². The van der Waals surface area contributed by atoms with E-state index in [4.69, 9.17) is 10.2 Å². The van der Waals surface area contributed by atoms with Crippen LogP contribution in [0.3, 0.4) is 0 Å². The second kappa shape index (κ2) is 4.38. The van der Waals surface area contributed by atoms with Crippen LogP contribution in [0.2, 0.25) is 0 Å². The first-order valence-electron chi connectivity index (χ1n) is 4.99. The molecule has 0 amide bonds. The second-order valence-corrected chi connectivity index (χ2v) is 5.27. The van der Waals surface area contributed by atoms with Gasteiger partial charge in [0.05, 0.1) is 22.2 Å². The Bertz CT molecular complexity index is 633. The molecule has 0 aliphatic rings. The normalized spacial score (nSPS) is 11.1. The molecule has 0 unspecified atom stereocenters. The summed E-state index contributed by atoms with van der Waals surface area (Å²) in [6.45, 7) is 0. The zero-order chi connectivity index (χ0) is 11.7. The fraction of sp³-hybridized carbons (Fsp3) is 0.0909.